The van der Waals surface area contributed by atoms with Crippen LogP contribution in [0.5, 0.6) is 0 Å². The summed E-state index contributed by atoms with van der Waals surface area (Å²) < 4.78 is 1.09. The number of carbonyl (C=O) groups is 1. The lowest BCUT2D eigenvalue weighted by Crippen LogP contribution is -2.39. The van der Waals surface area contributed by atoms with Crippen LogP contribution >= 0.6 is 15.9 Å². The van der Waals surface area contributed by atoms with Crippen molar-refractivity contribution in [1.29, 1.82) is 0 Å². The van der Waals surface area contributed by atoms with Crippen LogP contribution in [0.2, 0.25) is 0 Å². The lowest BCUT2D eigenvalue weighted by molar-refractivity contribution is 0.0963. The number of nitrogens with one attached hydrogen (secondary N) is 2. The van der Waals surface area contributed by atoms with Crippen LogP contribution in [0, 0.1) is 0 Å². The second kappa shape index (κ2) is 9.97. The molecule has 0 bridgehead atoms. The Morgan fingerprint density at radius 2 is 1.96 bits per heavy atom. The molecule has 26 heavy (non-hydrogen) atoms. The highest BCUT2D eigenvalue weighted by molar-refractivity contribution is 9.10. The first-order valence-corrected chi connectivity index (χ1v) is 9.30. The summed E-state index contributed by atoms with van der Waals surface area (Å²) in [6, 6.07) is 15.9. The van der Waals surface area contributed by atoms with E-state index in [0.717, 1.165) is 35.5 Å². The largest absolute Gasteiger partial charge is 0.356 e. The Morgan fingerprint density at radius 3 is 2.65 bits per heavy atom. The van der Waals surface area contributed by atoms with Gasteiger partial charge in [-0.3, -0.25) is 9.79 Å². The van der Waals surface area contributed by atoms with E-state index in [9.17, 15) is 4.79 Å². The van der Waals surface area contributed by atoms with Crippen molar-refractivity contribution in [3.05, 3.63) is 69.7 Å². The molecule has 2 N–H and O–H groups in total. The summed E-state index contributed by atoms with van der Waals surface area (Å²) in [6.45, 7) is 1.50. The molecule has 2 aromatic rings. The zero-order valence-electron chi connectivity index (χ0n) is 15.4. The topological polar surface area (TPSA) is 56.7 Å². The van der Waals surface area contributed by atoms with Gasteiger partial charge in [0.2, 0.25) is 0 Å². The molecule has 138 valence electrons. The quantitative estimate of drug-likeness (QED) is 0.561. The number of carbonyl (C=O) groups excluding carboxylic acids is 1. The number of guanidine groups is 1. The predicted octanol–water partition coefficient (Wildman–Crippen LogP) is 3.06. The monoisotopic (exact) mass is 416 g/mol. The second-order valence-electron chi connectivity index (χ2n) is 5.95. The van der Waals surface area contributed by atoms with E-state index in [-0.39, 0.29) is 5.91 Å². The molecule has 0 aliphatic rings. The maximum atomic E-state index is 11.7. The lowest BCUT2D eigenvalue weighted by Gasteiger charge is -2.22. The molecule has 0 atom stereocenters. The third kappa shape index (κ3) is 5.59. The van der Waals surface area contributed by atoms with Crippen molar-refractivity contribution in [2.75, 3.05) is 27.7 Å². The molecule has 0 aliphatic carbocycles. The molecule has 5 nitrogen and oxygen atoms in total. The SMILES string of the molecule is CN=C(NCCc1cccc(C(=O)NC)c1)N(C)Cc1ccccc1Br. The highest BCUT2D eigenvalue weighted by atomic mass is 79.9. The summed E-state index contributed by atoms with van der Waals surface area (Å²) in [5, 5.41) is 6.03. The third-order valence-electron chi connectivity index (χ3n) is 4.05. The summed E-state index contributed by atoms with van der Waals surface area (Å²) in [4.78, 5) is 18.2. The molecular weight excluding hydrogens is 392 g/mol. The fourth-order valence-corrected chi connectivity index (χ4v) is 3.08. The van der Waals surface area contributed by atoms with Gasteiger partial charge in [-0.2, -0.15) is 0 Å². The van der Waals surface area contributed by atoms with Crippen molar-refractivity contribution < 1.29 is 4.79 Å². The molecule has 0 aromatic heterocycles. The number of halogens is 1. The fraction of sp³-hybridized carbons (Fsp3) is 0.300. The van der Waals surface area contributed by atoms with E-state index in [0.29, 0.717) is 5.56 Å². The molecule has 6 heteroatoms. The Morgan fingerprint density at radius 1 is 1.19 bits per heavy atom. The van der Waals surface area contributed by atoms with Gasteiger partial charge < -0.3 is 15.5 Å². The first kappa shape index (κ1) is 20.0. The van der Waals surface area contributed by atoms with Crippen LogP contribution in [0.1, 0.15) is 21.5 Å². The van der Waals surface area contributed by atoms with E-state index < -0.39 is 0 Å². The van der Waals surface area contributed by atoms with Crippen molar-refractivity contribution in [1.82, 2.24) is 15.5 Å². The summed E-state index contributed by atoms with van der Waals surface area (Å²) in [6.07, 6.45) is 0.812. The summed E-state index contributed by atoms with van der Waals surface area (Å²) in [5.41, 5.74) is 3.00. The Hall–Kier alpha value is -2.34. The highest BCUT2D eigenvalue weighted by Gasteiger charge is 2.09. The Balaban J connectivity index is 1.91. The van der Waals surface area contributed by atoms with Crippen molar-refractivity contribution in [3.8, 4) is 0 Å². The highest BCUT2D eigenvalue weighted by Crippen LogP contribution is 2.17. The van der Waals surface area contributed by atoms with Gasteiger partial charge in [0, 0.05) is 44.3 Å². The molecular formula is C20H25BrN4O. The van der Waals surface area contributed by atoms with Crippen LogP contribution in [0.4, 0.5) is 0 Å². The third-order valence-corrected chi connectivity index (χ3v) is 4.83. The zero-order valence-corrected chi connectivity index (χ0v) is 17.0. The Labute approximate surface area is 163 Å². The summed E-state index contributed by atoms with van der Waals surface area (Å²) in [7, 11) is 5.44. The molecule has 0 aliphatic heterocycles. The number of benzene rings is 2. The van der Waals surface area contributed by atoms with Gasteiger partial charge in [0.15, 0.2) is 5.96 Å². The van der Waals surface area contributed by atoms with Crippen molar-refractivity contribution in [2.45, 2.75) is 13.0 Å². The molecule has 0 spiro atoms. The first-order chi connectivity index (χ1) is 12.5. The summed E-state index contributed by atoms with van der Waals surface area (Å²) in [5.74, 6) is 0.770. The van der Waals surface area contributed by atoms with E-state index in [1.54, 1.807) is 14.1 Å². The van der Waals surface area contributed by atoms with Crippen LogP contribution in [0.25, 0.3) is 0 Å². The minimum Gasteiger partial charge on any atom is -0.356 e. The van der Waals surface area contributed by atoms with Crippen LogP contribution < -0.4 is 10.6 Å². The molecule has 0 saturated carbocycles. The molecule has 0 fully saturated rings. The van der Waals surface area contributed by atoms with Gasteiger partial charge in [0.1, 0.15) is 0 Å². The number of hydrogen-bond acceptors (Lipinski definition) is 2. The number of amides is 1. The molecule has 1 amide bonds. The predicted molar refractivity (Wildman–Crippen MR) is 111 cm³/mol. The second-order valence-corrected chi connectivity index (χ2v) is 6.81. The van der Waals surface area contributed by atoms with E-state index in [4.69, 9.17) is 0 Å². The van der Waals surface area contributed by atoms with Crippen molar-refractivity contribution >= 4 is 27.8 Å². The van der Waals surface area contributed by atoms with Crippen LogP contribution in [-0.2, 0) is 13.0 Å². The zero-order chi connectivity index (χ0) is 18.9. The Kier molecular flexibility index (Phi) is 7.66. The van der Waals surface area contributed by atoms with Gasteiger partial charge in [-0.15, -0.1) is 0 Å². The molecule has 2 aromatic carbocycles. The number of rotatable bonds is 6. The minimum absolute atomic E-state index is 0.0659. The fourth-order valence-electron chi connectivity index (χ4n) is 2.67. The van der Waals surface area contributed by atoms with Gasteiger partial charge in [-0.25, -0.2) is 0 Å². The van der Waals surface area contributed by atoms with E-state index >= 15 is 0 Å². The average molecular weight is 417 g/mol. The average Bonchev–Trinajstić information content (AvgIpc) is 2.66. The van der Waals surface area contributed by atoms with Crippen molar-refractivity contribution in [2.24, 2.45) is 4.99 Å². The standard InChI is InChI=1S/C20H25BrN4O/c1-22-19(26)16-9-6-7-15(13-16)11-12-24-20(23-2)25(3)14-17-8-4-5-10-18(17)21/h4-10,13H,11-12,14H2,1-3H3,(H,22,26)(H,23,24). The minimum atomic E-state index is -0.0659. The van der Waals surface area contributed by atoms with Gasteiger partial charge in [0.05, 0.1) is 0 Å². The summed E-state index contributed by atoms with van der Waals surface area (Å²) >= 11 is 3.58. The molecule has 0 saturated heterocycles. The number of hydrogen-bond donors (Lipinski definition) is 2. The lowest BCUT2D eigenvalue weighted by atomic mass is 10.1. The number of aliphatic imine (C=N–C) groups is 1. The Bertz CT molecular complexity index is 776. The van der Waals surface area contributed by atoms with Crippen LogP contribution in [0.3, 0.4) is 0 Å². The normalized spacial score (nSPS) is 11.2. The maximum Gasteiger partial charge on any atom is 0.251 e. The van der Waals surface area contributed by atoms with Crippen LogP contribution in [-0.4, -0.2) is 44.5 Å². The van der Waals surface area contributed by atoms with E-state index in [2.05, 4.69) is 42.5 Å². The smallest absolute Gasteiger partial charge is 0.251 e. The van der Waals surface area contributed by atoms with Crippen LogP contribution in [0.15, 0.2) is 58.0 Å². The molecule has 0 heterocycles. The van der Waals surface area contributed by atoms with Gasteiger partial charge in [-0.05, 0) is 35.7 Å². The van der Waals surface area contributed by atoms with Gasteiger partial charge in [-0.1, -0.05) is 46.3 Å². The van der Waals surface area contributed by atoms with E-state index in [1.807, 2.05) is 49.5 Å². The van der Waals surface area contributed by atoms with E-state index in [1.165, 1.54) is 5.56 Å². The first-order valence-electron chi connectivity index (χ1n) is 8.51. The number of nitrogens with zero attached hydrogens (tertiary/aromatic N) is 2. The van der Waals surface area contributed by atoms with Gasteiger partial charge in [0.25, 0.3) is 5.91 Å². The molecule has 0 radical (unpaired) electrons. The van der Waals surface area contributed by atoms with Gasteiger partial charge >= 0.3 is 0 Å². The molecule has 0 unspecified atom stereocenters. The molecule has 2 rings (SSSR count). The van der Waals surface area contributed by atoms with Crippen molar-refractivity contribution in [3.63, 3.8) is 0 Å². The maximum absolute atomic E-state index is 11.7.